The lowest BCUT2D eigenvalue weighted by molar-refractivity contribution is -0.137. The van der Waals surface area contributed by atoms with Gasteiger partial charge in [0.15, 0.2) is 0 Å². The van der Waals surface area contributed by atoms with E-state index in [0.29, 0.717) is 4.47 Å². The van der Waals surface area contributed by atoms with Crippen LogP contribution in [0.4, 0.5) is 13.2 Å². The Kier molecular flexibility index (Phi) is 3.15. The van der Waals surface area contributed by atoms with Crippen molar-refractivity contribution in [2.75, 3.05) is 0 Å². The number of hydrogen-bond donors (Lipinski definition) is 0. The third kappa shape index (κ3) is 2.63. The molecule has 0 radical (unpaired) electrons. The molecule has 0 atom stereocenters. The van der Waals surface area contributed by atoms with Gasteiger partial charge in [-0.2, -0.15) is 23.4 Å². The van der Waals surface area contributed by atoms with Gasteiger partial charge in [-0.15, -0.1) is 0 Å². The highest BCUT2D eigenvalue weighted by atomic mass is 79.9. The zero-order valence-electron chi connectivity index (χ0n) is 8.37. The number of nitrogens with zero attached hydrogens (tertiary/aromatic N) is 2. The van der Waals surface area contributed by atoms with E-state index in [1.54, 1.807) is 0 Å². The summed E-state index contributed by atoms with van der Waals surface area (Å²) < 4.78 is 38.9. The van der Waals surface area contributed by atoms with Gasteiger partial charge in [-0.1, -0.05) is 18.2 Å². The van der Waals surface area contributed by atoms with Crippen molar-refractivity contribution >= 4 is 15.9 Å². The Morgan fingerprint density at radius 3 is 2.47 bits per heavy atom. The molecule has 2 aromatic rings. The molecule has 0 saturated heterocycles. The van der Waals surface area contributed by atoms with Crippen molar-refractivity contribution in [2.24, 2.45) is 0 Å². The number of benzene rings is 1. The molecule has 0 bridgehead atoms. The van der Waals surface area contributed by atoms with E-state index >= 15 is 0 Å². The molecular formula is C11H6BrF3N2. The lowest BCUT2D eigenvalue weighted by Gasteiger charge is -2.11. The fourth-order valence-electron chi connectivity index (χ4n) is 1.43. The van der Waals surface area contributed by atoms with E-state index in [1.165, 1.54) is 30.5 Å². The molecule has 0 aliphatic heterocycles. The largest absolute Gasteiger partial charge is 0.417 e. The first-order valence-electron chi connectivity index (χ1n) is 4.63. The molecule has 0 spiro atoms. The fourth-order valence-corrected chi connectivity index (χ4v) is 1.74. The molecule has 1 aromatic heterocycles. The van der Waals surface area contributed by atoms with Crippen molar-refractivity contribution in [1.29, 1.82) is 0 Å². The second kappa shape index (κ2) is 4.44. The number of aromatic nitrogens is 2. The molecule has 0 aliphatic rings. The third-order valence-corrected chi connectivity index (χ3v) is 2.56. The van der Waals surface area contributed by atoms with Crippen LogP contribution in [0, 0.1) is 0 Å². The topological polar surface area (TPSA) is 25.8 Å². The van der Waals surface area contributed by atoms with E-state index in [4.69, 9.17) is 0 Å². The Morgan fingerprint density at radius 1 is 1.12 bits per heavy atom. The number of rotatable bonds is 1. The molecule has 6 heteroatoms. The van der Waals surface area contributed by atoms with Crippen molar-refractivity contribution in [3.8, 4) is 11.3 Å². The van der Waals surface area contributed by atoms with Crippen molar-refractivity contribution < 1.29 is 13.2 Å². The van der Waals surface area contributed by atoms with Crippen LogP contribution in [0.2, 0.25) is 0 Å². The molecular weight excluding hydrogens is 297 g/mol. The number of halogens is 4. The molecule has 1 heterocycles. The summed E-state index contributed by atoms with van der Waals surface area (Å²) in [6.07, 6.45) is -2.99. The molecule has 0 saturated carbocycles. The van der Waals surface area contributed by atoms with Crippen LogP contribution < -0.4 is 0 Å². The van der Waals surface area contributed by atoms with E-state index in [1.807, 2.05) is 0 Å². The van der Waals surface area contributed by atoms with Gasteiger partial charge in [-0.05, 0) is 28.1 Å². The van der Waals surface area contributed by atoms with Crippen molar-refractivity contribution in [3.63, 3.8) is 0 Å². The molecule has 0 fully saturated rings. The quantitative estimate of drug-likeness (QED) is 0.798. The lowest BCUT2D eigenvalue weighted by Crippen LogP contribution is -2.07. The number of hydrogen-bond acceptors (Lipinski definition) is 2. The minimum atomic E-state index is -4.40. The predicted molar refractivity (Wildman–Crippen MR) is 60.2 cm³/mol. The fraction of sp³-hybridized carbons (Fsp3) is 0.0909. The molecule has 0 N–H and O–H groups in total. The lowest BCUT2D eigenvalue weighted by atomic mass is 10.0. The van der Waals surface area contributed by atoms with E-state index < -0.39 is 11.7 Å². The van der Waals surface area contributed by atoms with Crippen LogP contribution >= 0.6 is 15.9 Å². The summed E-state index contributed by atoms with van der Waals surface area (Å²) >= 11 is 3.15. The minimum absolute atomic E-state index is 0.0220. The van der Waals surface area contributed by atoms with Crippen LogP contribution in [0.15, 0.2) is 41.0 Å². The first-order valence-corrected chi connectivity index (χ1v) is 5.42. The first kappa shape index (κ1) is 12.0. The van der Waals surface area contributed by atoms with Crippen LogP contribution in [0.5, 0.6) is 0 Å². The van der Waals surface area contributed by atoms with Crippen LogP contribution in [0.3, 0.4) is 0 Å². The van der Waals surface area contributed by atoms with Crippen LogP contribution in [-0.2, 0) is 6.18 Å². The van der Waals surface area contributed by atoms with E-state index in [2.05, 4.69) is 26.1 Å². The Morgan fingerprint density at radius 2 is 1.82 bits per heavy atom. The Bertz CT molecular complexity index is 540. The SMILES string of the molecule is FC(F)(F)c1ccccc1-c1cc(Br)cnn1. The highest BCUT2D eigenvalue weighted by Crippen LogP contribution is 2.36. The molecule has 2 nitrogen and oxygen atoms in total. The zero-order valence-corrected chi connectivity index (χ0v) is 9.96. The van der Waals surface area contributed by atoms with Crippen LogP contribution in [0.25, 0.3) is 11.3 Å². The smallest absolute Gasteiger partial charge is 0.166 e. The van der Waals surface area contributed by atoms with Gasteiger partial charge in [-0.25, -0.2) is 0 Å². The van der Waals surface area contributed by atoms with Crippen molar-refractivity contribution in [3.05, 3.63) is 46.6 Å². The maximum Gasteiger partial charge on any atom is 0.417 e. The van der Waals surface area contributed by atoms with Gasteiger partial charge in [0.1, 0.15) is 0 Å². The molecule has 0 aliphatic carbocycles. The summed E-state index contributed by atoms with van der Waals surface area (Å²) in [6.45, 7) is 0. The summed E-state index contributed by atoms with van der Waals surface area (Å²) in [6, 6.07) is 6.78. The van der Waals surface area contributed by atoms with Crippen molar-refractivity contribution in [2.45, 2.75) is 6.18 Å². The molecule has 1 aromatic carbocycles. The van der Waals surface area contributed by atoms with Gasteiger partial charge < -0.3 is 0 Å². The average molecular weight is 303 g/mol. The average Bonchev–Trinajstić information content (AvgIpc) is 2.28. The molecule has 88 valence electrons. The number of alkyl halides is 3. The molecule has 0 amide bonds. The molecule has 2 rings (SSSR count). The third-order valence-electron chi connectivity index (χ3n) is 2.13. The van der Waals surface area contributed by atoms with Gasteiger partial charge in [0.25, 0.3) is 0 Å². The summed E-state index contributed by atoms with van der Waals surface area (Å²) in [7, 11) is 0. The standard InChI is InChI=1S/C11H6BrF3N2/c12-7-5-10(17-16-6-7)8-3-1-2-4-9(8)11(13,14)15/h1-6H. The molecule has 0 unspecified atom stereocenters. The highest BCUT2D eigenvalue weighted by molar-refractivity contribution is 9.10. The van der Waals surface area contributed by atoms with E-state index in [9.17, 15) is 13.2 Å². The van der Waals surface area contributed by atoms with Crippen LogP contribution in [-0.4, -0.2) is 10.2 Å². The maximum atomic E-state index is 12.8. The Labute approximate surface area is 104 Å². The molecule has 17 heavy (non-hydrogen) atoms. The highest BCUT2D eigenvalue weighted by Gasteiger charge is 2.33. The first-order chi connectivity index (χ1) is 7.98. The van der Waals surface area contributed by atoms with E-state index in [-0.39, 0.29) is 11.3 Å². The van der Waals surface area contributed by atoms with Gasteiger partial charge in [-0.3, -0.25) is 0 Å². The zero-order chi connectivity index (χ0) is 12.5. The van der Waals surface area contributed by atoms with Gasteiger partial charge in [0, 0.05) is 10.0 Å². The van der Waals surface area contributed by atoms with Crippen molar-refractivity contribution in [1.82, 2.24) is 10.2 Å². The normalized spacial score (nSPS) is 11.5. The van der Waals surface area contributed by atoms with Gasteiger partial charge in [0.2, 0.25) is 0 Å². The maximum absolute atomic E-state index is 12.8. The Balaban J connectivity index is 2.60. The minimum Gasteiger partial charge on any atom is -0.166 e. The summed E-state index contributed by atoms with van der Waals surface area (Å²) in [5, 5.41) is 7.32. The van der Waals surface area contributed by atoms with Gasteiger partial charge >= 0.3 is 6.18 Å². The van der Waals surface area contributed by atoms with Gasteiger partial charge in [0.05, 0.1) is 17.5 Å². The second-order valence-corrected chi connectivity index (χ2v) is 4.22. The second-order valence-electron chi connectivity index (χ2n) is 3.30. The summed E-state index contributed by atoms with van der Waals surface area (Å²) in [5.41, 5.74) is -0.506. The summed E-state index contributed by atoms with van der Waals surface area (Å²) in [5.74, 6) is 0. The Hall–Kier alpha value is -1.43. The van der Waals surface area contributed by atoms with Crippen LogP contribution in [0.1, 0.15) is 5.56 Å². The van der Waals surface area contributed by atoms with E-state index in [0.717, 1.165) is 6.07 Å². The predicted octanol–water partition coefficient (Wildman–Crippen LogP) is 3.92. The summed E-state index contributed by atoms with van der Waals surface area (Å²) in [4.78, 5) is 0. The monoisotopic (exact) mass is 302 g/mol.